The van der Waals surface area contributed by atoms with Crippen LogP contribution in [-0.2, 0) is 13.0 Å². The van der Waals surface area contributed by atoms with Gasteiger partial charge in [0.25, 0.3) is 0 Å². The summed E-state index contributed by atoms with van der Waals surface area (Å²) in [5, 5.41) is 0. The predicted molar refractivity (Wildman–Crippen MR) is 130 cm³/mol. The van der Waals surface area contributed by atoms with Crippen molar-refractivity contribution in [2.45, 2.75) is 76.0 Å². The predicted octanol–water partition coefficient (Wildman–Crippen LogP) is 5.30. The molecule has 3 N–H and O–H groups in total. The zero-order valence-corrected chi connectivity index (χ0v) is 19.1. The van der Waals surface area contributed by atoms with Crippen LogP contribution in [0.15, 0.2) is 55.3 Å². The third-order valence-electron chi connectivity index (χ3n) is 7.90. The first-order valence-electron chi connectivity index (χ1n) is 12.1. The van der Waals surface area contributed by atoms with Crippen LogP contribution in [-0.4, -0.2) is 31.4 Å². The van der Waals surface area contributed by atoms with Gasteiger partial charge in [0.1, 0.15) is 5.82 Å². The number of aryl methyl sites for hydroxylation is 1. The number of nitrogens with one attached hydrogen (secondary N) is 1. The number of para-hydroxylation sites is 2. The molecule has 2 aliphatic carbocycles. The van der Waals surface area contributed by atoms with Gasteiger partial charge in [0, 0.05) is 17.8 Å². The van der Waals surface area contributed by atoms with E-state index in [4.69, 9.17) is 15.7 Å². The van der Waals surface area contributed by atoms with E-state index in [9.17, 15) is 0 Å². The Bertz CT molecular complexity index is 1060. The lowest BCUT2D eigenvalue weighted by Crippen LogP contribution is -2.57. The number of fused-ring (bicyclic) bond motifs is 2. The van der Waals surface area contributed by atoms with E-state index >= 15 is 0 Å². The average Bonchev–Trinajstić information content (AvgIpc) is 3.23. The summed E-state index contributed by atoms with van der Waals surface area (Å²) in [5.74, 6) is 1.50. The molecule has 2 heterocycles. The first kappa shape index (κ1) is 21.4. The van der Waals surface area contributed by atoms with Gasteiger partial charge in [0.2, 0.25) is 0 Å². The largest absolute Gasteiger partial charge is 0.341 e. The van der Waals surface area contributed by atoms with Gasteiger partial charge in [-0.1, -0.05) is 24.3 Å². The SMILES string of the molecule is C=CCC1CC(N)CCC1(C)N(Cc1nc2ccccc2[nH]1)C1CCCc2cccnc21. The van der Waals surface area contributed by atoms with Crippen molar-refractivity contribution < 1.29 is 0 Å². The molecule has 32 heavy (non-hydrogen) atoms. The van der Waals surface area contributed by atoms with E-state index < -0.39 is 0 Å². The number of hydrogen-bond donors (Lipinski definition) is 2. The van der Waals surface area contributed by atoms with Gasteiger partial charge in [-0.3, -0.25) is 9.88 Å². The molecular weight excluding hydrogens is 394 g/mol. The summed E-state index contributed by atoms with van der Waals surface area (Å²) >= 11 is 0. The molecule has 5 rings (SSSR count). The molecule has 4 unspecified atom stereocenters. The molecule has 2 aromatic heterocycles. The van der Waals surface area contributed by atoms with Crippen molar-refractivity contribution in [3.63, 3.8) is 0 Å². The monoisotopic (exact) mass is 429 g/mol. The normalized spacial score (nSPS) is 28.0. The summed E-state index contributed by atoms with van der Waals surface area (Å²) in [5.41, 5.74) is 11.2. The van der Waals surface area contributed by atoms with Gasteiger partial charge in [-0.15, -0.1) is 6.58 Å². The summed E-state index contributed by atoms with van der Waals surface area (Å²) in [7, 11) is 0. The molecular formula is C27H35N5. The average molecular weight is 430 g/mol. The van der Waals surface area contributed by atoms with E-state index in [2.05, 4.69) is 65.9 Å². The van der Waals surface area contributed by atoms with Crippen molar-refractivity contribution in [3.8, 4) is 0 Å². The molecule has 168 valence electrons. The second-order valence-electron chi connectivity index (χ2n) is 9.90. The van der Waals surface area contributed by atoms with Gasteiger partial charge in [-0.25, -0.2) is 4.98 Å². The molecule has 0 spiro atoms. The molecule has 1 aromatic carbocycles. The Morgan fingerprint density at radius 3 is 2.97 bits per heavy atom. The molecule has 0 amide bonds. The topological polar surface area (TPSA) is 70.8 Å². The highest BCUT2D eigenvalue weighted by Gasteiger charge is 2.46. The second-order valence-corrected chi connectivity index (χ2v) is 9.90. The third kappa shape index (κ3) is 3.89. The van der Waals surface area contributed by atoms with E-state index in [0.717, 1.165) is 61.9 Å². The number of aromatic amines is 1. The van der Waals surface area contributed by atoms with Gasteiger partial charge >= 0.3 is 0 Å². The fraction of sp³-hybridized carbons (Fsp3) is 0.481. The van der Waals surface area contributed by atoms with Crippen molar-refractivity contribution in [2.24, 2.45) is 11.7 Å². The molecule has 5 heteroatoms. The highest BCUT2D eigenvalue weighted by Crippen LogP contribution is 2.47. The Kier molecular flexibility index (Phi) is 5.87. The first-order chi connectivity index (χ1) is 15.6. The maximum atomic E-state index is 6.45. The van der Waals surface area contributed by atoms with Crippen LogP contribution in [0.25, 0.3) is 11.0 Å². The fourth-order valence-corrected chi connectivity index (χ4v) is 6.13. The van der Waals surface area contributed by atoms with E-state index in [1.54, 1.807) is 0 Å². The minimum absolute atomic E-state index is 0.0137. The minimum Gasteiger partial charge on any atom is -0.341 e. The number of imidazole rings is 1. The van der Waals surface area contributed by atoms with E-state index in [1.165, 1.54) is 17.7 Å². The Labute approximate surface area is 191 Å². The highest BCUT2D eigenvalue weighted by atomic mass is 15.3. The van der Waals surface area contributed by atoms with Crippen molar-refractivity contribution in [1.29, 1.82) is 0 Å². The zero-order valence-electron chi connectivity index (χ0n) is 19.1. The van der Waals surface area contributed by atoms with Crippen LogP contribution < -0.4 is 5.73 Å². The molecule has 1 saturated carbocycles. The number of benzene rings is 1. The third-order valence-corrected chi connectivity index (χ3v) is 7.90. The van der Waals surface area contributed by atoms with Gasteiger partial charge < -0.3 is 10.7 Å². The van der Waals surface area contributed by atoms with Crippen molar-refractivity contribution in [1.82, 2.24) is 19.9 Å². The van der Waals surface area contributed by atoms with Crippen LogP contribution in [0.1, 0.15) is 68.6 Å². The number of nitrogens with zero attached hydrogens (tertiary/aromatic N) is 3. The van der Waals surface area contributed by atoms with Gasteiger partial charge in [-0.05, 0) is 81.5 Å². The summed E-state index contributed by atoms with van der Waals surface area (Å²) in [6.07, 6.45) is 11.7. The minimum atomic E-state index is 0.0137. The lowest BCUT2D eigenvalue weighted by molar-refractivity contribution is -0.0363. The zero-order chi connectivity index (χ0) is 22.1. The number of allylic oxidation sites excluding steroid dienone is 1. The molecule has 5 nitrogen and oxygen atoms in total. The van der Waals surface area contributed by atoms with Crippen LogP contribution in [0.2, 0.25) is 0 Å². The number of hydrogen-bond acceptors (Lipinski definition) is 4. The number of aromatic nitrogens is 3. The van der Waals surface area contributed by atoms with Gasteiger partial charge in [0.15, 0.2) is 0 Å². The maximum absolute atomic E-state index is 6.45. The summed E-state index contributed by atoms with van der Waals surface area (Å²) < 4.78 is 0. The van der Waals surface area contributed by atoms with Crippen LogP contribution in [0.4, 0.5) is 0 Å². The van der Waals surface area contributed by atoms with E-state index in [1.807, 2.05) is 6.20 Å². The number of pyridine rings is 1. The maximum Gasteiger partial charge on any atom is 0.121 e. The first-order valence-corrected chi connectivity index (χ1v) is 12.1. The van der Waals surface area contributed by atoms with Crippen molar-refractivity contribution in [3.05, 3.63) is 72.3 Å². The van der Waals surface area contributed by atoms with E-state index in [0.29, 0.717) is 12.0 Å². The molecule has 0 aliphatic heterocycles. The molecule has 2 aliphatic rings. The van der Waals surface area contributed by atoms with Crippen molar-refractivity contribution >= 4 is 11.0 Å². The van der Waals surface area contributed by atoms with Crippen LogP contribution in [0, 0.1) is 5.92 Å². The Hall–Kier alpha value is -2.50. The number of H-pyrrole nitrogens is 1. The molecule has 0 saturated heterocycles. The van der Waals surface area contributed by atoms with Crippen LogP contribution in [0.5, 0.6) is 0 Å². The summed E-state index contributed by atoms with van der Waals surface area (Å²) in [6, 6.07) is 13.2. The van der Waals surface area contributed by atoms with Gasteiger partial charge in [-0.2, -0.15) is 0 Å². The summed E-state index contributed by atoms with van der Waals surface area (Å²) in [6.45, 7) is 7.31. The van der Waals surface area contributed by atoms with E-state index in [-0.39, 0.29) is 11.6 Å². The molecule has 3 aromatic rings. The summed E-state index contributed by atoms with van der Waals surface area (Å²) in [4.78, 5) is 16.2. The smallest absolute Gasteiger partial charge is 0.121 e. The Balaban J connectivity index is 1.58. The molecule has 0 bridgehead atoms. The number of nitrogens with two attached hydrogens (primary N) is 1. The van der Waals surface area contributed by atoms with Gasteiger partial charge in [0.05, 0.1) is 29.3 Å². The van der Waals surface area contributed by atoms with Crippen LogP contribution >= 0.6 is 0 Å². The lowest BCUT2D eigenvalue weighted by Gasteiger charge is -2.53. The molecule has 1 fully saturated rings. The lowest BCUT2D eigenvalue weighted by atomic mass is 9.68. The number of rotatable bonds is 6. The fourth-order valence-electron chi connectivity index (χ4n) is 6.13. The molecule has 0 radical (unpaired) electrons. The highest BCUT2D eigenvalue weighted by molar-refractivity contribution is 5.74. The van der Waals surface area contributed by atoms with Crippen molar-refractivity contribution in [2.75, 3.05) is 0 Å². The molecule has 4 atom stereocenters. The Morgan fingerprint density at radius 1 is 1.25 bits per heavy atom. The second kappa shape index (κ2) is 8.80. The quantitative estimate of drug-likeness (QED) is 0.522. The standard InChI is InChI=1S/C27H35N5/c1-3-8-20-17-21(28)14-15-27(20,2)32(18-25-30-22-11-4-5-12-23(22)31-25)24-13-6-9-19-10-7-16-29-26(19)24/h3-5,7,10-12,16,20-21,24H,1,6,8-9,13-15,17-18,28H2,2H3,(H,30,31). The Morgan fingerprint density at radius 2 is 2.12 bits per heavy atom. The van der Waals surface area contributed by atoms with Crippen LogP contribution in [0.3, 0.4) is 0 Å².